The molecule has 0 bridgehead atoms. The van der Waals surface area contributed by atoms with Gasteiger partial charge in [0.1, 0.15) is 11.3 Å². The van der Waals surface area contributed by atoms with E-state index in [1.165, 1.54) is 5.56 Å². The van der Waals surface area contributed by atoms with E-state index in [1.807, 2.05) is 6.07 Å². The smallest absolute Gasteiger partial charge is 0.235 e. The molecule has 2 rings (SSSR count). The summed E-state index contributed by atoms with van der Waals surface area (Å²) in [6.07, 6.45) is 4.57. The van der Waals surface area contributed by atoms with Gasteiger partial charge in [-0.3, -0.25) is 0 Å². The van der Waals surface area contributed by atoms with Crippen molar-refractivity contribution in [2.24, 2.45) is 4.99 Å². The summed E-state index contributed by atoms with van der Waals surface area (Å²) in [5.74, 6) is 0.812. The second-order valence-electron chi connectivity index (χ2n) is 5.89. The van der Waals surface area contributed by atoms with Gasteiger partial charge in [-0.1, -0.05) is 26.8 Å². The Morgan fingerprint density at radius 3 is 2.58 bits per heavy atom. The second kappa shape index (κ2) is 4.82. The van der Waals surface area contributed by atoms with Crippen molar-refractivity contribution < 1.29 is 9.53 Å². The summed E-state index contributed by atoms with van der Waals surface area (Å²) in [7, 11) is 1.66. The maximum atomic E-state index is 10.6. The van der Waals surface area contributed by atoms with Gasteiger partial charge in [-0.05, 0) is 42.4 Å². The lowest BCUT2D eigenvalue weighted by Crippen LogP contribution is -2.17. The minimum absolute atomic E-state index is 0.113. The highest BCUT2D eigenvalue weighted by Crippen LogP contribution is 2.53. The number of ether oxygens (including phenoxy) is 1. The van der Waals surface area contributed by atoms with Gasteiger partial charge < -0.3 is 4.74 Å². The number of hydrogen-bond donors (Lipinski definition) is 0. The molecule has 19 heavy (non-hydrogen) atoms. The Hall–Kier alpha value is -1.60. The van der Waals surface area contributed by atoms with Crippen LogP contribution in [0.4, 0.5) is 0 Å². The van der Waals surface area contributed by atoms with Crippen LogP contribution in [0.2, 0.25) is 0 Å². The summed E-state index contributed by atoms with van der Waals surface area (Å²) in [5.41, 5.74) is 2.02. The summed E-state index contributed by atoms with van der Waals surface area (Å²) in [5, 5.41) is 0. The largest absolute Gasteiger partial charge is 0.496 e. The van der Waals surface area contributed by atoms with Crippen molar-refractivity contribution in [3.8, 4) is 5.75 Å². The normalized spacial score (nSPS) is 16.6. The van der Waals surface area contributed by atoms with Crippen molar-refractivity contribution in [3.63, 3.8) is 0 Å². The van der Waals surface area contributed by atoms with E-state index in [0.717, 1.165) is 30.6 Å². The molecule has 0 heterocycles. The minimum atomic E-state index is -0.382. The molecule has 1 saturated carbocycles. The fourth-order valence-electron chi connectivity index (χ4n) is 2.34. The van der Waals surface area contributed by atoms with E-state index in [9.17, 15) is 4.79 Å². The highest BCUT2D eigenvalue weighted by atomic mass is 16.5. The van der Waals surface area contributed by atoms with Crippen molar-refractivity contribution in [2.45, 2.75) is 51.0 Å². The third-order valence-electron chi connectivity index (χ3n) is 4.35. The maximum absolute atomic E-state index is 10.6. The summed E-state index contributed by atoms with van der Waals surface area (Å²) in [4.78, 5) is 14.6. The molecule has 1 aromatic rings. The molecule has 1 aliphatic rings. The van der Waals surface area contributed by atoms with Crippen LogP contribution < -0.4 is 4.74 Å². The molecule has 1 aliphatic carbocycles. The van der Waals surface area contributed by atoms with E-state index >= 15 is 0 Å². The zero-order valence-corrected chi connectivity index (χ0v) is 12.1. The second-order valence-corrected chi connectivity index (χ2v) is 5.89. The Morgan fingerprint density at radius 2 is 2.11 bits per heavy atom. The molecule has 0 aliphatic heterocycles. The minimum Gasteiger partial charge on any atom is -0.496 e. The molecule has 0 radical (unpaired) electrons. The predicted octanol–water partition coefficient (Wildman–Crippen LogP) is 3.71. The average Bonchev–Trinajstić information content (AvgIpc) is 3.19. The monoisotopic (exact) mass is 259 g/mol. The summed E-state index contributed by atoms with van der Waals surface area (Å²) in [6, 6.07) is 6.24. The first-order valence-corrected chi connectivity index (χ1v) is 6.77. The number of carbonyl (C=O) groups excluding carboxylic acids is 1. The van der Waals surface area contributed by atoms with E-state index in [1.54, 1.807) is 13.2 Å². The number of isocyanates is 1. The van der Waals surface area contributed by atoms with Gasteiger partial charge in [-0.15, -0.1) is 0 Å². The number of rotatable bonds is 5. The van der Waals surface area contributed by atoms with Crippen LogP contribution in [0.25, 0.3) is 0 Å². The SMILES string of the molecule is CCC(C)(C)c1ccc(OC)c(C2(N=C=O)CC2)c1. The quantitative estimate of drug-likeness (QED) is 0.597. The lowest BCUT2D eigenvalue weighted by molar-refractivity contribution is 0.403. The molecule has 1 aromatic carbocycles. The van der Waals surface area contributed by atoms with Crippen LogP contribution in [-0.2, 0) is 15.7 Å². The van der Waals surface area contributed by atoms with E-state index in [2.05, 4.69) is 37.9 Å². The van der Waals surface area contributed by atoms with Crippen LogP contribution in [0.3, 0.4) is 0 Å². The Bertz CT molecular complexity index is 524. The summed E-state index contributed by atoms with van der Waals surface area (Å²) >= 11 is 0. The molecule has 102 valence electrons. The Labute approximate surface area is 114 Å². The highest BCUT2D eigenvalue weighted by molar-refractivity contribution is 5.49. The molecule has 3 heteroatoms. The van der Waals surface area contributed by atoms with Crippen molar-refractivity contribution >= 4 is 6.08 Å². The van der Waals surface area contributed by atoms with E-state index in [4.69, 9.17) is 4.74 Å². The lowest BCUT2D eigenvalue weighted by Gasteiger charge is -2.25. The van der Waals surface area contributed by atoms with Crippen LogP contribution in [-0.4, -0.2) is 13.2 Å². The van der Waals surface area contributed by atoms with Crippen LogP contribution in [0.5, 0.6) is 5.75 Å². The summed E-state index contributed by atoms with van der Waals surface area (Å²) in [6.45, 7) is 6.63. The van der Waals surface area contributed by atoms with Crippen molar-refractivity contribution in [2.75, 3.05) is 7.11 Å². The molecular weight excluding hydrogens is 238 g/mol. The first-order chi connectivity index (χ1) is 8.99. The topological polar surface area (TPSA) is 38.7 Å². The zero-order valence-electron chi connectivity index (χ0n) is 12.1. The molecule has 3 nitrogen and oxygen atoms in total. The highest BCUT2D eigenvalue weighted by Gasteiger charge is 2.47. The number of nitrogens with zero attached hydrogens (tertiary/aromatic N) is 1. The van der Waals surface area contributed by atoms with Gasteiger partial charge in [-0.2, -0.15) is 4.99 Å². The molecule has 0 saturated heterocycles. The number of methoxy groups -OCH3 is 1. The van der Waals surface area contributed by atoms with Crippen LogP contribution in [0, 0.1) is 0 Å². The Balaban J connectivity index is 2.52. The first kappa shape index (κ1) is 13.8. The summed E-state index contributed by atoms with van der Waals surface area (Å²) < 4.78 is 5.43. The first-order valence-electron chi connectivity index (χ1n) is 6.77. The van der Waals surface area contributed by atoms with Gasteiger partial charge in [0.2, 0.25) is 6.08 Å². The van der Waals surface area contributed by atoms with Crippen molar-refractivity contribution in [3.05, 3.63) is 29.3 Å². The molecule has 0 atom stereocenters. The number of benzene rings is 1. The van der Waals surface area contributed by atoms with Crippen LogP contribution >= 0.6 is 0 Å². The fourth-order valence-corrected chi connectivity index (χ4v) is 2.34. The predicted molar refractivity (Wildman–Crippen MR) is 75.3 cm³/mol. The molecule has 0 aromatic heterocycles. The maximum Gasteiger partial charge on any atom is 0.235 e. The van der Waals surface area contributed by atoms with Gasteiger partial charge in [0, 0.05) is 5.56 Å². The van der Waals surface area contributed by atoms with Crippen LogP contribution in [0.15, 0.2) is 23.2 Å². The number of aliphatic imine (C=N–C) groups is 1. The number of hydrogen-bond acceptors (Lipinski definition) is 3. The van der Waals surface area contributed by atoms with Gasteiger partial charge in [0.25, 0.3) is 0 Å². The molecule has 0 unspecified atom stereocenters. The van der Waals surface area contributed by atoms with Gasteiger partial charge in [0.05, 0.1) is 7.11 Å². The van der Waals surface area contributed by atoms with E-state index < -0.39 is 0 Å². The van der Waals surface area contributed by atoms with Gasteiger partial charge in [-0.25, -0.2) is 4.79 Å². The fraction of sp³-hybridized carbons (Fsp3) is 0.562. The molecule has 0 spiro atoms. The average molecular weight is 259 g/mol. The van der Waals surface area contributed by atoms with Crippen molar-refractivity contribution in [1.29, 1.82) is 0 Å². The standard InChI is InChI=1S/C16H21NO2/c1-5-15(2,3)12-6-7-14(19-4)13(10-12)16(8-9-16)17-11-18/h6-7,10H,5,8-9H2,1-4H3. The van der Waals surface area contributed by atoms with Crippen molar-refractivity contribution in [1.82, 2.24) is 0 Å². The third kappa shape index (κ3) is 2.43. The third-order valence-corrected chi connectivity index (χ3v) is 4.35. The zero-order chi connectivity index (χ0) is 14.1. The van der Waals surface area contributed by atoms with Crippen LogP contribution in [0.1, 0.15) is 51.2 Å². The Morgan fingerprint density at radius 1 is 1.42 bits per heavy atom. The van der Waals surface area contributed by atoms with E-state index in [0.29, 0.717) is 0 Å². The molecule has 1 fully saturated rings. The Kier molecular flexibility index (Phi) is 3.51. The van der Waals surface area contributed by atoms with Gasteiger partial charge in [0.15, 0.2) is 0 Å². The van der Waals surface area contributed by atoms with Gasteiger partial charge >= 0.3 is 0 Å². The lowest BCUT2D eigenvalue weighted by atomic mass is 9.81. The van der Waals surface area contributed by atoms with E-state index in [-0.39, 0.29) is 11.0 Å². The molecular formula is C16H21NO2. The molecule has 0 N–H and O–H groups in total. The molecule has 0 amide bonds.